The molecule has 2 rings (SSSR count). The third-order valence-electron chi connectivity index (χ3n) is 3.60. The Balaban J connectivity index is 1.66. The SMILES string of the molecule is COc1ccc(CCSCC(=O)N[C@H](C)c2ccccc2)cc1. The summed E-state index contributed by atoms with van der Waals surface area (Å²) in [7, 11) is 1.67. The molecule has 0 aliphatic heterocycles. The van der Waals surface area contributed by atoms with Crippen molar-refractivity contribution < 1.29 is 9.53 Å². The van der Waals surface area contributed by atoms with Crippen LogP contribution >= 0.6 is 11.8 Å². The first-order valence-corrected chi connectivity index (χ1v) is 8.89. The van der Waals surface area contributed by atoms with Gasteiger partial charge in [0.15, 0.2) is 0 Å². The molecule has 0 heterocycles. The van der Waals surface area contributed by atoms with E-state index in [0.717, 1.165) is 23.5 Å². The molecule has 0 bridgehead atoms. The van der Waals surface area contributed by atoms with Crippen LogP contribution in [0.25, 0.3) is 0 Å². The standard InChI is InChI=1S/C19H23NO2S/c1-15(17-6-4-3-5-7-17)20-19(21)14-23-13-12-16-8-10-18(22-2)11-9-16/h3-11,15H,12-14H2,1-2H3,(H,20,21)/t15-/m1/s1. The Morgan fingerprint density at radius 2 is 1.83 bits per heavy atom. The zero-order valence-electron chi connectivity index (χ0n) is 13.6. The van der Waals surface area contributed by atoms with Crippen LogP contribution in [0.4, 0.5) is 0 Å². The van der Waals surface area contributed by atoms with Gasteiger partial charge >= 0.3 is 0 Å². The van der Waals surface area contributed by atoms with Gasteiger partial charge in [0, 0.05) is 0 Å². The molecule has 0 saturated carbocycles. The number of nitrogens with one attached hydrogen (secondary N) is 1. The summed E-state index contributed by atoms with van der Waals surface area (Å²) in [5, 5.41) is 3.03. The topological polar surface area (TPSA) is 38.3 Å². The van der Waals surface area contributed by atoms with Gasteiger partial charge in [-0.15, -0.1) is 0 Å². The van der Waals surface area contributed by atoms with Gasteiger partial charge in [-0.2, -0.15) is 11.8 Å². The van der Waals surface area contributed by atoms with Gasteiger partial charge in [-0.1, -0.05) is 42.5 Å². The summed E-state index contributed by atoms with van der Waals surface area (Å²) >= 11 is 1.66. The van der Waals surface area contributed by atoms with Crippen LogP contribution in [0.5, 0.6) is 5.75 Å². The van der Waals surface area contributed by atoms with E-state index in [4.69, 9.17) is 4.74 Å². The number of methoxy groups -OCH3 is 1. The molecule has 122 valence electrons. The van der Waals surface area contributed by atoms with E-state index < -0.39 is 0 Å². The number of hydrogen-bond donors (Lipinski definition) is 1. The first-order chi connectivity index (χ1) is 11.2. The third-order valence-corrected chi connectivity index (χ3v) is 4.56. The molecule has 1 amide bonds. The molecule has 0 radical (unpaired) electrons. The number of amides is 1. The molecule has 0 aliphatic carbocycles. The van der Waals surface area contributed by atoms with Gasteiger partial charge in [0.2, 0.25) is 5.91 Å². The van der Waals surface area contributed by atoms with E-state index in [9.17, 15) is 4.79 Å². The number of hydrogen-bond acceptors (Lipinski definition) is 3. The van der Waals surface area contributed by atoms with Crippen molar-refractivity contribution in [2.75, 3.05) is 18.6 Å². The first-order valence-electron chi connectivity index (χ1n) is 7.74. The van der Waals surface area contributed by atoms with Crippen molar-refractivity contribution in [3.63, 3.8) is 0 Å². The molecule has 2 aromatic rings. The highest BCUT2D eigenvalue weighted by Crippen LogP contribution is 2.14. The van der Waals surface area contributed by atoms with Gasteiger partial charge in [0.25, 0.3) is 0 Å². The van der Waals surface area contributed by atoms with Crippen molar-refractivity contribution in [2.24, 2.45) is 0 Å². The predicted octanol–water partition coefficient (Wildman–Crippen LogP) is 3.85. The minimum atomic E-state index is 0.0471. The molecular formula is C19H23NO2S. The number of benzene rings is 2. The van der Waals surface area contributed by atoms with Crippen LogP contribution in [0.1, 0.15) is 24.1 Å². The molecule has 0 spiro atoms. The van der Waals surface area contributed by atoms with Gasteiger partial charge < -0.3 is 10.1 Å². The lowest BCUT2D eigenvalue weighted by atomic mass is 10.1. The van der Waals surface area contributed by atoms with E-state index in [1.165, 1.54) is 5.56 Å². The molecule has 2 aromatic carbocycles. The molecule has 0 fully saturated rings. The molecule has 23 heavy (non-hydrogen) atoms. The normalized spacial score (nSPS) is 11.7. The lowest BCUT2D eigenvalue weighted by Crippen LogP contribution is -2.28. The third kappa shape index (κ3) is 5.99. The van der Waals surface area contributed by atoms with Crippen molar-refractivity contribution in [2.45, 2.75) is 19.4 Å². The van der Waals surface area contributed by atoms with Crippen LogP contribution < -0.4 is 10.1 Å². The van der Waals surface area contributed by atoms with Crippen molar-refractivity contribution in [1.82, 2.24) is 5.32 Å². The molecule has 0 aliphatic rings. The second-order valence-electron chi connectivity index (χ2n) is 5.35. The maximum absolute atomic E-state index is 12.0. The highest BCUT2D eigenvalue weighted by molar-refractivity contribution is 7.99. The average Bonchev–Trinajstić information content (AvgIpc) is 2.60. The summed E-state index contributed by atoms with van der Waals surface area (Å²) in [5.41, 5.74) is 2.39. The Kier molecular flexibility index (Phi) is 7.01. The molecule has 3 nitrogen and oxygen atoms in total. The Morgan fingerprint density at radius 3 is 2.48 bits per heavy atom. The Hall–Kier alpha value is -1.94. The summed E-state index contributed by atoms with van der Waals surface area (Å²) in [4.78, 5) is 12.0. The van der Waals surface area contributed by atoms with Gasteiger partial charge in [-0.05, 0) is 42.4 Å². The zero-order valence-corrected chi connectivity index (χ0v) is 14.4. The summed E-state index contributed by atoms with van der Waals surface area (Å²) < 4.78 is 5.14. The number of rotatable bonds is 8. The van der Waals surface area contributed by atoms with E-state index in [0.29, 0.717) is 5.75 Å². The Labute approximate surface area is 142 Å². The van der Waals surface area contributed by atoms with Gasteiger partial charge in [-0.3, -0.25) is 4.79 Å². The maximum atomic E-state index is 12.0. The zero-order chi connectivity index (χ0) is 16.5. The van der Waals surface area contributed by atoms with Gasteiger partial charge in [0.1, 0.15) is 5.75 Å². The van der Waals surface area contributed by atoms with E-state index >= 15 is 0 Å². The van der Waals surface area contributed by atoms with Gasteiger partial charge in [-0.25, -0.2) is 0 Å². The van der Waals surface area contributed by atoms with E-state index in [-0.39, 0.29) is 11.9 Å². The number of carbonyl (C=O) groups is 1. The Morgan fingerprint density at radius 1 is 1.13 bits per heavy atom. The number of aryl methyl sites for hydroxylation is 1. The lowest BCUT2D eigenvalue weighted by molar-refractivity contribution is -0.119. The van der Waals surface area contributed by atoms with Crippen LogP contribution in [0.2, 0.25) is 0 Å². The molecule has 1 atom stereocenters. The van der Waals surface area contributed by atoms with E-state index in [1.807, 2.05) is 49.4 Å². The van der Waals surface area contributed by atoms with Crippen LogP contribution in [-0.4, -0.2) is 24.5 Å². The van der Waals surface area contributed by atoms with Crippen LogP contribution in [0, 0.1) is 0 Å². The number of thioether (sulfide) groups is 1. The average molecular weight is 329 g/mol. The van der Waals surface area contributed by atoms with Crippen molar-refractivity contribution in [1.29, 1.82) is 0 Å². The number of ether oxygens (including phenoxy) is 1. The lowest BCUT2D eigenvalue weighted by Gasteiger charge is -2.14. The molecule has 0 unspecified atom stereocenters. The minimum Gasteiger partial charge on any atom is -0.497 e. The van der Waals surface area contributed by atoms with Crippen LogP contribution in [0.3, 0.4) is 0 Å². The molecule has 0 saturated heterocycles. The minimum absolute atomic E-state index is 0.0471. The maximum Gasteiger partial charge on any atom is 0.230 e. The van der Waals surface area contributed by atoms with Crippen LogP contribution in [-0.2, 0) is 11.2 Å². The fraction of sp³-hybridized carbons (Fsp3) is 0.316. The van der Waals surface area contributed by atoms with Crippen molar-refractivity contribution >= 4 is 17.7 Å². The molecule has 0 aromatic heterocycles. The summed E-state index contributed by atoms with van der Waals surface area (Å²) in [5.74, 6) is 2.38. The smallest absolute Gasteiger partial charge is 0.230 e. The molecular weight excluding hydrogens is 306 g/mol. The second kappa shape index (κ2) is 9.26. The molecule has 4 heteroatoms. The molecule has 1 N–H and O–H groups in total. The summed E-state index contributed by atoms with van der Waals surface area (Å²) in [6, 6.07) is 18.1. The fourth-order valence-corrected chi connectivity index (χ4v) is 3.05. The highest BCUT2D eigenvalue weighted by atomic mass is 32.2. The van der Waals surface area contributed by atoms with Crippen molar-refractivity contribution in [3.05, 3.63) is 65.7 Å². The van der Waals surface area contributed by atoms with Crippen LogP contribution in [0.15, 0.2) is 54.6 Å². The largest absolute Gasteiger partial charge is 0.497 e. The monoisotopic (exact) mass is 329 g/mol. The first kappa shape index (κ1) is 17.4. The second-order valence-corrected chi connectivity index (χ2v) is 6.46. The number of carbonyl (C=O) groups excluding carboxylic acids is 1. The van der Waals surface area contributed by atoms with E-state index in [1.54, 1.807) is 18.9 Å². The predicted molar refractivity (Wildman–Crippen MR) is 97.0 cm³/mol. The fourth-order valence-electron chi connectivity index (χ4n) is 2.26. The van der Waals surface area contributed by atoms with E-state index in [2.05, 4.69) is 17.4 Å². The Bertz CT molecular complexity index is 599. The highest BCUT2D eigenvalue weighted by Gasteiger charge is 2.08. The summed E-state index contributed by atoms with van der Waals surface area (Å²) in [6.07, 6.45) is 0.955. The summed E-state index contributed by atoms with van der Waals surface area (Å²) in [6.45, 7) is 2.01. The van der Waals surface area contributed by atoms with Crippen molar-refractivity contribution in [3.8, 4) is 5.75 Å². The quantitative estimate of drug-likeness (QED) is 0.748. The van der Waals surface area contributed by atoms with Gasteiger partial charge in [0.05, 0.1) is 18.9 Å².